The Morgan fingerprint density at radius 2 is 1.92 bits per heavy atom. The van der Waals surface area contributed by atoms with Gasteiger partial charge in [0, 0.05) is 18.4 Å². The van der Waals surface area contributed by atoms with Crippen LogP contribution in [0.4, 0.5) is 5.69 Å². The summed E-state index contributed by atoms with van der Waals surface area (Å²) in [6.07, 6.45) is 1.18. The highest BCUT2D eigenvalue weighted by molar-refractivity contribution is 7.90. The highest BCUT2D eigenvalue weighted by Gasteiger charge is 2.20. The molecule has 0 saturated carbocycles. The lowest BCUT2D eigenvalue weighted by molar-refractivity contribution is 0.0903. The summed E-state index contributed by atoms with van der Waals surface area (Å²) in [4.78, 5) is 14.1. The standard InChI is InChI=1S/C18H19NO5S/c1-25(22,23)15-5-2-13(3-6-15)11-19-8-9-24-18-7-4-14(10-16(18)19)17(21)12-20/h2-7,10,20H,8-9,11-12H2,1H3. The Morgan fingerprint density at radius 1 is 1.20 bits per heavy atom. The third-order valence-electron chi connectivity index (χ3n) is 4.11. The van der Waals surface area contributed by atoms with Gasteiger partial charge in [0.1, 0.15) is 19.0 Å². The highest BCUT2D eigenvalue weighted by Crippen LogP contribution is 2.33. The molecule has 0 spiro atoms. The number of Topliss-reactive ketones (excluding diaryl/α,β-unsaturated/α-hetero) is 1. The first kappa shape index (κ1) is 17.4. The molecule has 0 atom stereocenters. The Balaban J connectivity index is 1.86. The molecule has 0 unspecified atom stereocenters. The molecule has 2 aromatic carbocycles. The van der Waals surface area contributed by atoms with Crippen molar-refractivity contribution in [1.82, 2.24) is 0 Å². The highest BCUT2D eigenvalue weighted by atomic mass is 32.2. The first-order valence-electron chi connectivity index (χ1n) is 7.83. The van der Waals surface area contributed by atoms with E-state index < -0.39 is 16.4 Å². The molecule has 1 aliphatic heterocycles. The van der Waals surface area contributed by atoms with Crippen molar-refractivity contribution in [2.24, 2.45) is 0 Å². The molecular weight excluding hydrogens is 342 g/mol. The Morgan fingerprint density at radius 3 is 2.56 bits per heavy atom. The maximum Gasteiger partial charge on any atom is 0.188 e. The zero-order valence-electron chi connectivity index (χ0n) is 13.8. The zero-order valence-corrected chi connectivity index (χ0v) is 14.6. The predicted molar refractivity (Wildman–Crippen MR) is 94.0 cm³/mol. The van der Waals surface area contributed by atoms with Gasteiger partial charge in [-0.15, -0.1) is 0 Å². The second kappa shape index (κ2) is 6.85. The predicted octanol–water partition coefficient (Wildman–Crippen LogP) is 1.66. The maximum absolute atomic E-state index is 11.7. The smallest absolute Gasteiger partial charge is 0.188 e. The number of carbonyl (C=O) groups excluding carboxylic acids is 1. The number of ketones is 1. The number of benzene rings is 2. The lowest BCUT2D eigenvalue weighted by atomic mass is 10.1. The SMILES string of the molecule is CS(=O)(=O)c1ccc(CN2CCOc3ccc(C(=O)CO)cc32)cc1. The minimum atomic E-state index is -3.21. The summed E-state index contributed by atoms with van der Waals surface area (Å²) >= 11 is 0. The van der Waals surface area contributed by atoms with Crippen molar-refractivity contribution >= 4 is 21.3 Å². The van der Waals surface area contributed by atoms with Crippen LogP contribution in [0.3, 0.4) is 0 Å². The molecule has 132 valence electrons. The molecule has 25 heavy (non-hydrogen) atoms. The van der Waals surface area contributed by atoms with Gasteiger partial charge in [0.2, 0.25) is 0 Å². The first-order valence-corrected chi connectivity index (χ1v) is 9.72. The average Bonchev–Trinajstić information content (AvgIpc) is 2.60. The first-order chi connectivity index (χ1) is 11.9. The second-order valence-corrected chi connectivity index (χ2v) is 7.97. The summed E-state index contributed by atoms with van der Waals surface area (Å²) in [6.45, 7) is 1.21. The van der Waals surface area contributed by atoms with E-state index in [4.69, 9.17) is 9.84 Å². The van der Waals surface area contributed by atoms with Crippen LogP contribution in [0.15, 0.2) is 47.4 Å². The van der Waals surface area contributed by atoms with E-state index in [9.17, 15) is 13.2 Å². The van der Waals surface area contributed by atoms with Crippen molar-refractivity contribution in [3.05, 3.63) is 53.6 Å². The molecule has 0 fully saturated rings. The monoisotopic (exact) mass is 361 g/mol. The summed E-state index contributed by atoms with van der Waals surface area (Å²) in [6, 6.07) is 11.9. The molecule has 0 saturated heterocycles. The van der Waals surface area contributed by atoms with Crippen LogP contribution in [0.5, 0.6) is 5.75 Å². The summed E-state index contributed by atoms with van der Waals surface area (Å²) in [5.74, 6) is 0.347. The number of hydrogen-bond donors (Lipinski definition) is 1. The Kier molecular flexibility index (Phi) is 4.78. The molecule has 7 heteroatoms. The molecule has 2 aromatic rings. The van der Waals surface area contributed by atoms with Gasteiger partial charge in [-0.2, -0.15) is 0 Å². The number of carbonyl (C=O) groups is 1. The Bertz CT molecular complexity index is 890. The van der Waals surface area contributed by atoms with Crippen LogP contribution in [0.25, 0.3) is 0 Å². The van der Waals surface area contributed by atoms with Crippen molar-refractivity contribution in [3.8, 4) is 5.75 Å². The fraction of sp³-hybridized carbons (Fsp3) is 0.278. The van der Waals surface area contributed by atoms with Crippen LogP contribution >= 0.6 is 0 Å². The average molecular weight is 361 g/mol. The molecule has 0 radical (unpaired) electrons. The number of rotatable bonds is 5. The molecule has 3 rings (SSSR count). The Hall–Kier alpha value is -2.38. The number of sulfone groups is 1. The quantitative estimate of drug-likeness (QED) is 0.816. The van der Waals surface area contributed by atoms with Crippen LogP contribution in [0.1, 0.15) is 15.9 Å². The van der Waals surface area contributed by atoms with Crippen molar-refractivity contribution in [1.29, 1.82) is 0 Å². The summed E-state index contributed by atoms with van der Waals surface area (Å²) < 4.78 is 28.7. The molecule has 1 N–H and O–H groups in total. The molecule has 1 heterocycles. The van der Waals surface area contributed by atoms with Crippen LogP contribution in [-0.4, -0.2) is 45.3 Å². The van der Waals surface area contributed by atoms with E-state index in [1.165, 1.54) is 6.26 Å². The van der Waals surface area contributed by atoms with E-state index in [0.717, 1.165) is 11.3 Å². The van der Waals surface area contributed by atoms with Gasteiger partial charge in [-0.1, -0.05) is 12.1 Å². The lowest BCUT2D eigenvalue weighted by Gasteiger charge is -2.31. The van der Waals surface area contributed by atoms with E-state index in [1.807, 2.05) is 0 Å². The van der Waals surface area contributed by atoms with Crippen molar-refractivity contribution in [3.63, 3.8) is 0 Å². The van der Waals surface area contributed by atoms with Gasteiger partial charge in [0.25, 0.3) is 0 Å². The van der Waals surface area contributed by atoms with Gasteiger partial charge < -0.3 is 14.7 Å². The van der Waals surface area contributed by atoms with Crippen molar-refractivity contribution in [2.45, 2.75) is 11.4 Å². The largest absolute Gasteiger partial charge is 0.490 e. The summed E-state index contributed by atoms with van der Waals surface area (Å²) in [7, 11) is -3.21. The van der Waals surface area contributed by atoms with E-state index >= 15 is 0 Å². The third-order valence-corrected chi connectivity index (χ3v) is 5.24. The topological polar surface area (TPSA) is 83.9 Å². The van der Waals surface area contributed by atoms with Gasteiger partial charge in [-0.3, -0.25) is 4.79 Å². The fourth-order valence-corrected chi connectivity index (χ4v) is 3.39. The Labute approximate surface area is 146 Å². The summed E-state index contributed by atoms with van der Waals surface area (Å²) in [5, 5.41) is 9.04. The molecule has 0 bridgehead atoms. The van der Waals surface area contributed by atoms with Crippen molar-refractivity contribution < 1.29 is 23.1 Å². The van der Waals surface area contributed by atoms with Crippen LogP contribution < -0.4 is 9.64 Å². The molecule has 0 amide bonds. The number of nitrogens with zero attached hydrogens (tertiary/aromatic N) is 1. The normalized spacial score (nSPS) is 13.9. The van der Waals surface area contributed by atoms with Gasteiger partial charge in [-0.05, 0) is 35.9 Å². The van der Waals surface area contributed by atoms with Gasteiger partial charge in [0.15, 0.2) is 15.6 Å². The van der Waals surface area contributed by atoms with Crippen LogP contribution in [-0.2, 0) is 16.4 Å². The second-order valence-electron chi connectivity index (χ2n) is 5.95. The number of ether oxygens (including phenoxy) is 1. The fourth-order valence-electron chi connectivity index (χ4n) is 2.76. The third kappa shape index (κ3) is 3.83. The van der Waals surface area contributed by atoms with E-state index in [2.05, 4.69) is 4.90 Å². The lowest BCUT2D eigenvalue weighted by Crippen LogP contribution is -2.32. The molecule has 0 aliphatic carbocycles. The van der Waals surface area contributed by atoms with Crippen molar-refractivity contribution in [2.75, 3.05) is 30.9 Å². The number of fused-ring (bicyclic) bond motifs is 1. The van der Waals surface area contributed by atoms with Crippen LogP contribution in [0, 0.1) is 0 Å². The zero-order chi connectivity index (χ0) is 18.0. The minimum Gasteiger partial charge on any atom is -0.490 e. The van der Waals surface area contributed by atoms with Gasteiger partial charge in [0.05, 0.1) is 17.1 Å². The van der Waals surface area contributed by atoms with Crippen LogP contribution in [0.2, 0.25) is 0 Å². The molecule has 6 nitrogen and oxygen atoms in total. The van der Waals surface area contributed by atoms with E-state index in [1.54, 1.807) is 42.5 Å². The van der Waals surface area contributed by atoms with Gasteiger partial charge in [-0.25, -0.2) is 8.42 Å². The molecule has 0 aromatic heterocycles. The molecule has 1 aliphatic rings. The van der Waals surface area contributed by atoms with Gasteiger partial charge >= 0.3 is 0 Å². The molecular formula is C18H19NO5S. The minimum absolute atomic E-state index is 0.287. The maximum atomic E-state index is 11.7. The summed E-state index contributed by atoms with van der Waals surface area (Å²) in [5.41, 5.74) is 2.18. The number of hydrogen-bond acceptors (Lipinski definition) is 6. The number of aliphatic hydroxyl groups excluding tert-OH is 1. The number of anilines is 1. The van der Waals surface area contributed by atoms with E-state index in [-0.39, 0.29) is 10.7 Å². The number of aliphatic hydroxyl groups is 1. The van der Waals surface area contributed by atoms with E-state index in [0.29, 0.717) is 31.0 Å².